The zero-order valence-corrected chi connectivity index (χ0v) is 31.5. The highest BCUT2D eigenvalue weighted by Gasteiger charge is 2.47. The number of likely N-dealkylation sites (tertiary alicyclic amines) is 1. The molecule has 1 aromatic rings. The van der Waals surface area contributed by atoms with E-state index in [-0.39, 0.29) is 37.8 Å². The van der Waals surface area contributed by atoms with Crippen LogP contribution in [0.4, 0.5) is 14.0 Å². The van der Waals surface area contributed by atoms with Gasteiger partial charge in [0.2, 0.25) is 21.8 Å². The number of alkyl carbamates (subject to hydrolysis) is 1. The van der Waals surface area contributed by atoms with Gasteiger partial charge in [-0.1, -0.05) is 31.2 Å². The lowest BCUT2D eigenvalue weighted by Gasteiger charge is -2.33. The summed E-state index contributed by atoms with van der Waals surface area (Å²) in [6.07, 6.45) is 2.33. The number of nitrogens with one attached hydrogen (secondary N) is 3. The van der Waals surface area contributed by atoms with E-state index >= 15 is 0 Å². The molecule has 52 heavy (non-hydrogen) atoms. The van der Waals surface area contributed by atoms with Gasteiger partial charge >= 0.3 is 12.2 Å². The number of nitrogens with zero attached hydrogens (tertiary/aromatic N) is 2. The van der Waals surface area contributed by atoms with E-state index in [4.69, 9.17) is 14.2 Å². The van der Waals surface area contributed by atoms with Crippen LogP contribution in [0.25, 0.3) is 0 Å². The van der Waals surface area contributed by atoms with E-state index < -0.39 is 80.3 Å². The summed E-state index contributed by atoms with van der Waals surface area (Å²) in [4.78, 5) is 71.7. The van der Waals surface area contributed by atoms with Crippen molar-refractivity contribution in [3.63, 3.8) is 0 Å². The second-order valence-electron chi connectivity index (χ2n) is 14.0. The van der Waals surface area contributed by atoms with Crippen LogP contribution in [0.3, 0.4) is 0 Å². The van der Waals surface area contributed by atoms with E-state index in [1.165, 1.54) is 26.2 Å². The molecule has 0 radical (unpaired) electrons. The topological polar surface area (TPSA) is 199 Å². The number of allylic oxidation sites excluding steroid dienone is 1. The van der Waals surface area contributed by atoms with Gasteiger partial charge in [-0.15, -0.1) is 0 Å². The molecule has 1 saturated carbocycles. The number of hydrogen-bond donors (Lipinski definition) is 3. The van der Waals surface area contributed by atoms with Gasteiger partial charge in [-0.3, -0.25) is 19.1 Å². The van der Waals surface area contributed by atoms with Crippen molar-refractivity contribution < 1.29 is 51.0 Å². The van der Waals surface area contributed by atoms with Crippen molar-refractivity contribution in [2.75, 3.05) is 20.3 Å². The Labute approximate surface area is 304 Å². The van der Waals surface area contributed by atoms with Crippen molar-refractivity contribution in [2.45, 2.75) is 115 Å². The minimum atomic E-state index is -3.98. The lowest BCUT2D eigenvalue weighted by atomic mass is 9.94. The Morgan fingerprint density at radius 3 is 2.40 bits per heavy atom. The molecule has 1 aliphatic heterocycles. The van der Waals surface area contributed by atoms with Crippen molar-refractivity contribution in [3.8, 4) is 0 Å². The lowest BCUT2D eigenvalue weighted by Crippen LogP contribution is -2.62. The van der Waals surface area contributed by atoms with Crippen LogP contribution >= 0.6 is 0 Å². The molecule has 0 bridgehead atoms. The molecule has 1 saturated heterocycles. The second kappa shape index (κ2) is 17.9. The van der Waals surface area contributed by atoms with Crippen LogP contribution < -0.4 is 15.4 Å². The fourth-order valence-corrected chi connectivity index (χ4v) is 6.81. The minimum absolute atomic E-state index is 0.0218. The number of sulfonamides is 1. The molecule has 1 aliphatic carbocycles. The van der Waals surface area contributed by atoms with E-state index in [0.717, 1.165) is 11.1 Å². The van der Waals surface area contributed by atoms with Crippen LogP contribution in [0.5, 0.6) is 0 Å². The Balaban J connectivity index is 1.89. The molecular formula is C35H50FN5O10S. The first-order valence-electron chi connectivity index (χ1n) is 17.1. The normalized spacial score (nSPS) is 19.6. The van der Waals surface area contributed by atoms with Crippen molar-refractivity contribution in [1.82, 2.24) is 20.3 Å². The van der Waals surface area contributed by atoms with Gasteiger partial charge in [0, 0.05) is 25.3 Å². The maximum atomic E-state index is 14.3. The maximum absolute atomic E-state index is 14.3. The lowest BCUT2D eigenvalue weighted by molar-refractivity contribution is -0.142. The molecule has 0 unspecified atom stereocenters. The summed E-state index contributed by atoms with van der Waals surface area (Å²) < 4.78 is 57.6. The number of halogens is 1. The van der Waals surface area contributed by atoms with Crippen molar-refractivity contribution in [3.05, 3.63) is 47.3 Å². The summed E-state index contributed by atoms with van der Waals surface area (Å²) in [6.45, 7) is 9.63. The number of carbonyl (C=O) groups excluding carboxylic acids is 5. The van der Waals surface area contributed by atoms with Gasteiger partial charge in [0.15, 0.2) is 0 Å². The highest BCUT2D eigenvalue weighted by Crippen LogP contribution is 2.29. The van der Waals surface area contributed by atoms with Crippen LogP contribution in [0.2, 0.25) is 0 Å². The van der Waals surface area contributed by atoms with E-state index in [9.17, 15) is 36.8 Å². The van der Waals surface area contributed by atoms with Crippen LogP contribution in [0, 0.1) is 12.7 Å². The van der Waals surface area contributed by atoms with Crippen molar-refractivity contribution in [2.24, 2.45) is 4.99 Å². The largest absolute Gasteiger partial charge is 0.444 e. The van der Waals surface area contributed by atoms with Gasteiger partial charge in [0.25, 0.3) is 5.91 Å². The molecule has 2 fully saturated rings. The van der Waals surface area contributed by atoms with Crippen LogP contribution in [0.1, 0.15) is 84.3 Å². The molecule has 5 amide bonds. The molecule has 17 heteroatoms. The summed E-state index contributed by atoms with van der Waals surface area (Å²) in [5.41, 5.74) is -2.02. The SMILES string of the molecule is CC[C@H](NC(=O)OC(C)(C)C)C(=O)N1C[C@H](OC(=O)/N=C/c2c(C)cccc2F)C[C@H]1C(=O)N[C@@](C)(CC/C=C\COC)C(=O)NS(=O)(=O)C1CC1. The van der Waals surface area contributed by atoms with Crippen LogP contribution in [-0.2, 0) is 38.6 Å². The Bertz CT molecular complexity index is 1640. The Morgan fingerprint density at radius 1 is 1.12 bits per heavy atom. The first-order chi connectivity index (χ1) is 24.3. The average Bonchev–Trinajstić information content (AvgIpc) is 3.83. The van der Waals surface area contributed by atoms with E-state index in [1.807, 2.05) is 0 Å². The highest BCUT2D eigenvalue weighted by atomic mass is 32.2. The number of rotatable bonds is 15. The number of aliphatic imine (C=N–C) groups is 1. The second-order valence-corrected chi connectivity index (χ2v) is 16.0. The number of benzene rings is 1. The molecule has 15 nitrogen and oxygen atoms in total. The molecule has 2 aliphatic rings. The molecule has 3 rings (SSSR count). The average molecular weight is 752 g/mol. The monoisotopic (exact) mass is 751 g/mol. The number of ether oxygens (including phenoxy) is 3. The van der Waals surface area contributed by atoms with Gasteiger partial charge in [-0.05, 0) is 78.4 Å². The molecule has 1 aromatic carbocycles. The molecule has 4 atom stereocenters. The van der Waals surface area contributed by atoms with Gasteiger partial charge < -0.3 is 29.7 Å². The summed E-state index contributed by atoms with van der Waals surface area (Å²) in [6, 6.07) is 1.89. The van der Waals surface area contributed by atoms with Crippen molar-refractivity contribution in [1.29, 1.82) is 0 Å². The third kappa shape index (κ3) is 12.1. The molecule has 0 aromatic heterocycles. The molecule has 288 valence electrons. The Morgan fingerprint density at radius 2 is 1.81 bits per heavy atom. The van der Waals surface area contributed by atoms with E-state index in [2.05, 4.69) is 20.3 Å². The Hall–Kier alpha value is -4.38. The number of aryl methyl sites for hydroxylation is 1. The Kier molecular flexibility index (Phi) is 14.5. The van der Waals surface area contributed by atoms with Gasteiger partial charge in [-0.25, -0.2) is 22.4 Å². The van der Waals surface area contributed by atoms with Gasteiger partial charge in [0.1, 0.15) is 35.1 Å². The molecule has 3 N–H and O–H groups in total. The summed E-state index contributed by atoms with van der Waals surface area (Å²) in [5.74, 6) is -3.07. The number of methoxy groups -OCH3 is 1. The smallest absolute Gasteiger partial charge is 0.433 e. The molecular weight excluding hydrogens is 701 g/mol. The number of hydrogen-bond acceptors (Lipinski definition) is 10. The first-order valence-corrected chi connectivity index (χ1v) is 18.7. The predicted octanol–water partition coefficient (Wildman–Crippen LogP) is 3.43. The van der Waals surface area contributed by atoms with Crippen LogP contribution in [0.15, 0.2) is 35.3 Å². The van der Waals surface area contributed by atoms with Gasteiger partial charge in [-0.2, -0.15) is 4.99 Å². The van der Waals surface area contributed by atoms with Crippen LogP contribution in [-0.4, -0.2) is 104 Å². The first kappa shape index (κ1) is 42.0. The predicted molar refractivity (Wildman–Crippen MR) is 189 cm³/mol. The van der Waals surface area contributed by atoms with Crippen molar-refractivity contribution >= 4 is 46.1 Å². The summed E-state index contributed by atoms with van der Waals surface area (Å²) in [7, 11) is -2.47. The third-order valence-corrected chi connectivity index (χ3v) is 10.2. The highest BCUT2D eigenvalue weighted by molar-refractivity contribution is 7.91. The fraction of sp³-hybridized carbons (Fsp3) is 0.600. The van der Waals surface area contributed by atoms with Gasteiger partial charge in [0.05, 0.1) is 18.4 Å². The zero-order chi connectivity index (χ0) is 38.9. The number of amides is 5. The standard InChI is InChI=1S/C35H50FN5O10S/c1-8-27(38-33(46)51-34(3,4)5)30(43)41-21-23(50-32(45)37-20-25-22(2)13-12-14-26(25)36)19-28(41)29(42)39-35(6,17-10-9-11-18-49-7)31(44)40-52(47,48)24-15-16-24/h9,11-14,20,23-24,27-28H,8,10,15-19,21H2,1-7H3,(H,38,46)(H,39,42)(H,40,44)/b11-9-,37-20+/t23-,27+,28+,35+/m1/s1. The zero-order valence-electron chi connectivity index (χ0n) is 30.7. The molecule has 1 heterocycles. The summed E-state index contributed by atoms with van der Waals surface area (Å²) in [5, 5.41) is 4.47. The fourth-order valence-electron chi connectivity index (χ4n) is 5.41. The number of carbonyl (C=O) groups is 5. The molecule has 0 spiro atoms. The van der Waals surface area contributed by atoms with E-state index in [0.29, 0.717) is 25.0 Å². The van der Waals surface area contributed by atoms with E-state index in [1.54, 1.807) is 52.8 Å². The third-order valence-electron chi connectivity index (χ3n) is 8.42. The maximum Gasteiger partial charge on any atom is 0.433 e. The summed E-state index contributed by atoms with van der Waals surface area (Å²) >= 11 is 0. The quantitative estimate of drug-likeness (QED) is 0.176. The minimum Gasteiger partial charge on any atom is -0.444 e.